The van der Waals surface area contributed by atoms with Crippen molar-refractivity contribution in [3.63, 3.8) is 0 Å². The second-order valence-electron chi connectivity index (χ2n) is 8.65. The molecular formula is C22H32N2O5. The van der Waals surface area contributed by atoms with Crippen molar-refractivity contribution < 1.29 is 23.9 Å². The molecule has 0 aromatic heterocycles. The van der Waals surface area contributed by atoms with Crippen LogP contribution in [0, 0.1) is 19.8 Å². The van der Waals surface area contributed by atoms with Gasteiger partial charge in [-0.15, -0.1) is 0 Å². The second kappa shape index (κ2) is 9.29. The van der Waals surface area contributed by atoms with Crippen molar-refractivity contribution in [3.05, 3.63) is 29.3 Å². The standard InChI is InChI=1S/C22H32N2O5/c1-14-9-10-18(15(2)12-14)23-19(25)16(3)28-20(26)17-8-7-11-24(13-17)21(27)29-22(4,5)6/h9-10,12,16-17H,7-8,11,13H2,1-6H3,(H,23,25). The number of piperidine rings is 1. The number of hydrogen-bond acceptors (Lipinski definition) is 5. The molecule has 0 bridgehead atoms. The maximum Gasteiger partial charge on any atom is 0.410 e. The molecule has 0 radical (unpaired) electrons. The molecule has 2 atom stereocenters. The summed E-state index contributed by atoms with van der Waals surface area (Å²) in [6, 6.07) is 5.71. The van der Waals surface area contributed by atoms with Gasteiger partial charge < -0.3 is 19.7 Å². The molecule has 160 valence electrons. The number of benzene rings is 1. The molecule has 1 fully saturated rings. The van der Waals surface area contributed by atoms with Crippen LogP contribution in [0.4, 0.5) is 10.5 Å². The predicted molar refractivity (Wildman–Crippen MR) is 111 cm³/mol. The summed E-state index contributed by atoms with van der Waals surface area (Å²) in [5.41, 5.74) is 2.15. The highest BCUT2D eigenvalue weighted by atomic mass is 16.6. The van der Waals surface area contributed by atoms with Gasteiger partial charge in [0.25, 0.3) is 5.91 Å². The SMILES string of the molecule is Cc1ccc(NC(=O)C(C)OC(=O)C2CCCN(C(=O)OC(C)(C)C)C2)c(C)c1. The highest BCUT2D eigenvalue weighted by Gasteiger charge is 2.33. The number of esters is 1. The van der Waals surface area contributed by atoms with Crippen LogP contribution in [0.25, 0.3) is 0 Å². The average Bonchev–Trinajstić information content (AvgIpc) is 2.62. The molecule has 0 aliphatic carbocycles. The third-order valence-electron chi connectivity index (χ3n) is 4.71. The molecule has 29 heavy (non-hydrogen) atoms. The molecule has 1 heterocycles. The van der Waals surface area contributed by atoms with Crippen LogP contribution in [0.2, 0.25) is 0 Å². The smallest absolute Gasteiger partial charge is 0.410 e. The quantitative estimate of drug-likeness (QED) is 0.771. The summed E-state index contributed by atoms with van der Waals surface area (Å²) in [5.74, 6) is -1.32. The summed E-state index contributed by atoms with van der Waals surface area (Å²) in [5, 5.41) is 2.80. The highest BCUT2D eigenvalue weighted by molar-refractivity contribution is 5.95. The van der Waals surface area contributed by atoms with Crippen molar-refractivity contribution in [1.82, 2.24) is 4.90 Å². The van der Waals surface area contributed by atoms with Gasteiger partial charge in [-0.1, -0.05) is 17.7 Å². The molecule has 1 aromatic rings. The fourth-order valence-corrected chi connectivity index (χ4v) is 3.17. The largest absolute Gasteiger partial charge is 0.452 e. The molecule has 1 aliphatic rings. The number of rotatable bonds is 4. The van der Waals surface area contributed by atoms with E-state index in [9.17, 15) is 14.4 Å². The summed E-state index contributed by atoms with van der Waals surface area (Å²) >= 11 is 0. The first-order chi connectivity index (χ1) is 13.5. The Kier molecular flexibility index (Phi) is 7.27. The van der Waals surface area contributed by atoms with Crippen LogP contribution in [0.3, 0.4) is 0 Å². The molecule has 7 nitrogen and oxygen atoms in total. The predicted octanol–water partition coefficient (Wildman–Crippen LogP) is 3.82. The first-order valence-electron chi connectivity index (χ1n) is 10.0. The fourth-order valence-electron chi connectivity index (χ4n) is 3.17. The topological polar surface area (TPSA) is 84.9 Å². The molecule has 1 N–H and O–H groups in total. The Labute approximate surface area is 172 Å². The van der Waals surface area contributed by atoms with Crippen molar-refractivity contribution in [3.8, 4) is 0 Å². The number of carbonyl (C=O) groups is 3. The van der Waals surface area contributed by atoms with Gasteiger partial charge in [-0.2, -0.15) is 0 Å². The zero-order valence-corrected chi connectivity index (χ0v) is 18.2. The van der Waals surface area contributed by atoms with E-state index in [-0.39, 0.29) is 12.5 Å². The summed E-state index contributed by atoms with van der Waals surface area (Å²) < 4.78 is 10.8. The highest BCUT2D eigenvalue weighted by Crippen LogP contribution is 2.21. The molecule has 2 amide bonds. The lowest BCUT2D eigenvalue weighted by atomic mass is 9.98. The third kappa shape index (κ3) is 6.76. The zero-order chi connectivity index (χ0) is 21.8. The van der Waals surface area contributed by atoms with Gasteiger partial charge in [-0.05, 0) is 66.0 Å². The second-order valence-corrected chi connectivity index (χ2v) is 8.65. The Bertz CT molecular complexity index is 769. The van der Waals surface area contributed by atoms with E-state index in [1.165, 1.54) is 4.90 Å². The molecule has 0 saturated carbocycles. The van der Waals surface area contributed by atoms with E-state index >= 15 is 0 Å². The average molecular weight is 405 g/mol. The number of anilines is 1. The number of aryl methyl sites for hydroxylation is 2. The van der Waals surface area contributed by atoms with Crippen molar-refractivity contribution in [2.24, 2.45) is 5.92 Å². The van der Waals surface area contributed by atoms with E-state index in [2.05, 4.69) is 5.32 Å². The lowest BCUT2D eigenvalue weighted by Gasteiger charge is -2.33. The van der Waals surface area contributed by atoms with Gasteiger partial charge in [0, 0.05) is 18.8 Å². The minimum atomic E-state index is -0.930. The molecule has 1 saturated heterocycles. The number of carbonyl (C=O) groups excluding carboxylic acids is 3. The molecule has 2 unspecified atom stereocenters. The van der Waals surface area contributed by atoms with E-state index < -0.39 is 29.7 Å². The van der Waals surface area contributed by atoms with Crippen molar-refractivity contribution in [2.45, 2.75) is 66.1 Å². The van der Waals surface area contributed by atoms with Crippen LogP contribution in [0.5, 0.6) is 0 Å². The van der Waals surface area contributed by atoms with Crippen molar-refractivity contribution in [1.29, 1.82) is 0 Å². The third-order valence-corrected chi connectivity index (χ3v) is 4.71. The summed E-state index contributed by atoms with van der Waals surface area (Å²) in [7, 11) is 0. The maximum atomic E-state index is 12.5. The Morgan fingerprint density at radius 2 is 1.90 bits per heavy atom. The Hall–Kier alpha value is -2.57. The van der Waals surface area contributed by atoms with Crippen LogP contribution in [0.1, 0.15) is 51.7 Å². The number of amides is 2. The van der Waals surface area contributed by atoms with Crippen molar-refractivity contribution >= 4 is 23.7 Å². The summed E-state index contributed by atoms with van der Waals surface area (Å²) in [6.07, 6.45) is -0.0677. The van der Waals surface area contributed by atoms with Crippen LogP contribution in [-0.4, -0.2) is 47.7 Å². The molecule has 0 spiro atoms. The first-order valence-corrected chi connectivity index (χ1v) is 10.0. The zero-order valence-electron chi connectivity index (χ0n) is 18.2. The Morgan fingerprint density at radius 1 is 1.21 bits per heavy atom. The first kappa shape index (κ1) is 22.7. The number of ether oxygens (including phenoxy) is 2. The molecule has 1 aliphatic heterocycles. The van der Waals surface area contributed by atoms with Gasteiger partial charge in [-0.3, -0.25) is 9.59 Å². The number of nitrogens with zero attached hydrogens (tertiary/aromatic N) is 1. The van der Waals surface area contributed by atoms with Crippen LogP contribution in [0.15, 0.2) is 18.2 Å². The van der Waals surface area contributed by atoms with Gasteiger partial charge in [0.2, 0.25) is 0 Å². The minimum Gasteiger partial charge on any atom is -0.452 e. The van der Waals surface area contributed by atoms with E-state index in [0.29, 0.717) is 25.1 Å². The maximum absolute atomic E-state index is 12.5. The Morgan fingerprint density at radius 3 is 2.52 bits per heavy atom. The lowest BCUT2D eigenvalue weighted by Crippen LogP contribution is -2.45. The van der Waals surface area contributed by atoms with Gasteiger partial charge in [0.1, 0.15) is 5.60 Å². The Balaban J connectivity index is 1.91. The fraction of sp³-hybridized carbons (Fsp3) is 0.591. The van der Waals surface area contributed by atoms with E-state index in [4.69, 9.17) is 9.47 Å². The van der Waals surface area contributed by atoms with Gasteiger partial charge in [0.15, 0.2) is 6.10 Å². The van der Waals surface area contributed by atoms with Crippen LogP contribution < -0.4 is 5.32 Å². The van der Waals surface area contributed by atoms with Gasteiger partial charge in [0.05, 0.1) is 5.92 Å². The van der Waals surface area contributed by atoms with E-state index in [1.54, 1.807) is 27.7 Å². The van der Waals surface area contributed by atoms with E-state index in [1.807, 2.05) is 32.0 Å². The molecule has 2 rings (SSSR count). The summed E-state index contributed by atoms with van der Waals surface area (Å²) in [4.78, 5) is 38.8. The van der Waals surface area contributed by atoms with Gasteiger partial charge in [-0.25, -0.2) is 4.79 Å². The van der Waals surface area contributed by atoms with Crippen LogP contribution >= 0.6 is 0 Å². The van der Waals surface area contributed by atoms with Crippen molar-refractivity contribution in [2.75, 3.05) is 18.4 Å². The minimum absolute atomic E-state index is 0.235. The van der Waals surface area contributed by atoms with Gasteiger partial charge >= 0.3 is 12.1 Å². The number of likely N-dealkylation sites (tertiary alicyclic amines) is 1. The lowest BCUT2D eigenvalue weighted by molar-refractivity contribution is -0.158. The molecule has 7 heteroatoms. The monoisotopic (exact) mass is 404 g/mol. The van der Waals surface area contributed by atoms with Crippen LogP contribution in [-0.2, 0) is 19.1 Å². The number of nitrogens with one attached hydrogen (secondary N) is 1. The molecule has 1 aromatic carbocycles. The van der Waals surface area contributed by atoms with E-state index in [0.717, 1.165) is 11.1 Å². The number of hydrogen-bond donors (Lipinski definition) is 1. The summed E-state index contributed by atoms with van der Waals surface area (Å²) in [6.45, 7) is 11.6. The molecular weight excluding hydrogens is 372 g/mol. The normalized spacial score (nSPS) is 18.0.